The van der Waals surface area contributed by atoms with Crippen molar-refractivity contribution in [3.05, 3.63) is 71.4 Å². The summed E-state index contributed by atoms with van der Waals surface area (Å²) in [4.78, 5) is 16.9. The summed E-state index contributed by atoms with van der Waals surface area (Å²) in [7, 11) is 0. The van der Waals surface area contributed by atoms with Crippen LogP contribution in [0.1, 0.15) is 41.0 Å². The van der Waals surface area contributed by atoms with Gasteiger partial charge in [0.25, 0.3) is 5.91 Å². The topological polar surface area (TPSA) is 71.8 Å². The quantitative estimate of drug-likeness (QED) is 0.575. The van der Waals surface area contributed by atoms with Crippen LogP contribution in [0.3, 0.4) is 0 Å². The summed E-state index contributed by atoms with van der Waals surface area (Å²) in [5.41, 5.74) is 2.71. The number of hydrogen-bond donors (Lipinski definition) is 2. The Morgan fingerprint density at radius 3 is 2.72 bits per heavy atom. The Bertz CT molecular complexity index is 986. The lowest BCUT2D eigenvalue weighted by Crippen LogP contribution is -2.26. The van der Waals surface area contributed by atoms with Gasteiger partial charge in [-0.25, -0.2) is 14.1 Å². The number of amides is 1. The number of unbranched alkanes of at least 4 members (excludes halogenated alkanes) is 1. The third kappa shape index (κ3) is 4.29. The average molecular weight is 393 g/mol. The van der Waals surface area contributed by atoms with E-state index in [1.165, 1.54) is 6.07 Å². The zero-order chi connectivity index (χ0) is 20.1. The molecule has 0 bridgehead atoms. The number of halogens is 1. The third-order valence-electron chi connectivity index (χ3n) is 5.09. The van der Waals surface area contributed by atoms with Crippen molar-refractivity contribution in [1.82, 2.24) is 20.1 Å². The van der Waals surface area contributed by atoms with E-state index in [0.717, 1.165) is 55.7 Å². The second-order valence-electron chi connectivity index (χ2n) is 7.10. The first-order chi connectivity index (χ1) is 14.2. The van der Waals surface area contributed by atoms with Crippen molar-refractivity contribution in [2.45, 2.75) is 32.1 Å². The zero-order valence-electron chi connectivity index (χ0n) is 16.2. The Balaban J connectivity index is 1.33. The summed E-state index contributed by atoms with van der Waals surface area (Å²) >= 11 is 0. The minimum atomic E-state index is -0.336. The highest BCUT2D eigenvalue weighted by Gasteiger charge is 2.27. The normalized spacial score (nSPS) is 12.6. The van der Waals surface area contributed by atoms with Gasteiger partial charge in [0, 0.05) is 30.5 Å². The van der Waals surface area contributed by atoms with E-state index in [9.17, 15) is 9.18 Å². The minimum Gasteiger partial charge on any atom is -0.370 e. The average Bonchev–Trinajstić information content (AvgIpc) is 3.35. The molecule has 1 aromatic carbocycles. The highest BCUT2D eigenvalue weighted by Crippen LogP contribution is 2.28. The van der Waals surface area contributed by atoms with Crippen LogP contribution in [0.25, 0.3) is 5.69 Å². The van der Waals surface area contributed by atoms with Crippen molar-refractivity contribution < 1.29 is 9.18 Å². The fraction of sp³-hybridized carbons (Fsp3) is 0.318. The lowest BCUT2D eigenvalue weighted by atomic mass is 10.2. The molecular formula is C22H24FN5O. The number of benzene rings is 1. The summed E-state index contributed by atoms with van der Waals surface area (Å²) in [6, 6.07) is 12.3. The van der Waals surface area contributed by atoms with Gasteiger partial charge in [0.05, 0.1) is 0 Å². The number of hydrogen-bond acceptors (Lipinski definition) is 4. The third-order valence-corrected chi connectivity index (χ3v) is 5.09. The number of anilines is 1. The zero-order valence-corrected chi connectivity index (χ0v) is 16.2. The Kier molecular flexibility index (Phi) is 5.84. The van der Waals surface area contributed by atoms with Crippen LogP contribution in [-0.2, 0) is 12.8 Å². The van der Waals surface area contributed by atoms with Gasteiger partial charge in [0.1, 0.15) is 17.3 Å². The Morgan fingerprint density at radius 2 is 1.90 bits per heavy atom. The van der Waals surface area contributed by atoms with E-state index in [-0.39, 0.29) is 11.7 Å². The minimum absolute atomic E-state index is 0.184. The standard InChI is InChI=1S/C22H24FN5O/c23-17-9-1-2-10-19(17)28-18-11-7-8-16(18)21(27-28)22(29)26-15-6-5-14-25-20-12-3-4-13-24-20/h1-4,9-10,12-13H,5-8,11,14-15H2,(H,24,25)(H,26,29). The molecule has 0 saturated heterocycles. The predicted molar refractivity (Wildman–Crippen MR) is 110 cm³/mol. The summed E-state index contributed by atoms with van der Waals surface area (Å²) in [5.74, 6) is 0.332. The van der Waals surface area contributed by atoms with Crippen molar-refractivity contribution in [2.75, 3.05) is 18.4 Å². The van der Waals surface area contributed by atoms with Gasteiger partial charge in [0.2, 0.25) is 0 Å². The molecule has 2 N–H and O–H groups in total. The number of nitrogens with one attached hydrogen (secondary N) is 2. The van der Waals surface area contributed by atoms with Crippen molar-refractivity contribution in [3.8, 4) is 5.69 Å². The van der Waals surface area contributed by atoms with Crippen LogP contribution in [0.4, 0.5) is 10.2 Å². The first kappa shape index (κ1) is 19.1. The molecule has 0 unspecified atom stereocenters. The van der Waals surface area contributed by atoms with E-state index in [1.807, 2.05) is 18.2 Å². The molecule has 2 aromatic heterocycles. The van der Waals surface area contributed by atoms with Crippen LogP contribution in [0.15, 0.2) is 48.7 Å². The molecule has 3 aromatic rings. The van der Waals surface area contributed by atoms with E-state index >= 15 is 0 Å². The van der Waals surface area contributed by atoms with Crippen molar-refractivity contribution >= 4 is 11.7 Å². The lowest BCUT2D eigenvalue weighted by Gasteiger charge is -2.07. The summed E-state index contributed by atoms with van der Waals surface area (Å²) in [5, 5.41) is 10.7. The van der Waals surface area contributed by atoms with Crippen molar-refractivity contribution in [3.63, 3.8) is 0 Å². The van der Waals surface area contributed by atoms with Gasteiger partial charge in [-0.05, 0) is 56.4 Å². The number of aromatic nitrogens is 3. The van der Waals surface area contributed by atoms with Crippen LogP contribution < -0.4 is 10.6 Å². The molecule has 0 spiro atoms. The lowest BCUT2D eigenvalue weighted by molar-refractivity contribution is 0.0946. The molecule has 4 rings (SSSR count). The number of rotatable bonds is 8. The highest BCUT2D eigenvalue weighted by atomic mass is 19.1. The van der Waals surface area contributed by atoms with Crippen LogP contribution >= 0.6 is 0 Å². The second-order valence-corrected chi connectivity index (χ2v) is 7.10. The smallest absolute Gasteiger partial charge is 0.272 e. The summed E-state index contributed by atoms with van der Waals surface area (Å²) in [6.45, 7) is 1.37. The molecule has 0 aliphatic heterocycles. The number of carbonyl (C=O) groups excluding carboxylic acids is 1. The van der Waals surface area contributed by atoms with Crippen LogP contribution in [0.2, 0.25) is 0 Å². The Morgan fingerprint density at radius 1 is 1.07 bits per heavy atom. The molecule has 150 valence electrons. The maximum absolute atomic E-state index is 14.2. The van der Waals surface area contributed by atoms with E-state index in [0.29, 0.717) is 17.9 Å². The van der Waals surface area contributed by atoms with Gasteiger partial charge >= 0.3 is 0 Å². The summed E-state index contributed by atoms with van der Waals surface area (Å²) in [6.07, 6.45) is 6.09. The second kappa shape index (κ2) is 8.86. The molecule has 0 atom stereocenters. The van der Waals surface area contributed by atoms with E-state index in [4.69, 9.17) is 0 Å². The van der Waals surface area contributed by atoms with Crippen molar-refractivity contribution in [1.29, 1.82) is 0 Å². The number of pyridine rings is 1. The molecule has 29 heavy (non-hydrogen) atoms. The largest absolute Gasteiger partial charge is 0.370 e. The first-order valence-corrected chi connectivity index (χ1v) is 10.0. The van der Waals surface area contributed by atoms with Crippen molar-refractivity contribution in [2.24, 2.45) is 0 Å². The maximum Gasteiger partial charge on any atom is 0.272 e. The Labute approximate surface area is 169 Å². The monoisotopic (exact) mass is 393 g/mol. The van der Waals surface area contributed by atoms with Crippen LogP contribution in [-0.4, -0.2) is 33.8 Å². The fourth-order valence-electron chi connectivity index (χ4n) is 3.66. The molecule has 1 aliphatic rings. The number of fused-ring (bicyclic) bond motifs is 1. The van der Waals surface area contributed by atoms with E-state index in [2.05, 4.69) is 20.7 Å². The van der Waals surface area contributed by atoms with E-state index < -0.39 is 0 Å². The molecule has 2 heterocycles. The molecule has 0 radical (unpaired) electrons. The predicted octanol–water partition coefficient (Wildman–Crippen LogP) is 3.52. The number of nitrogens with zero attached hydrogens (tertiary/aromatic N) is 3. The SMILES string of the molecule is O=C(NCCCCNc1ccccn1)c1nn(-c2ccccc2F)c2c1CCC2. The van der Waals surface area contributed by atoms with Gasteiger partial charge in [-0.2, -0.15) is 5.10 Å². The van der Waals surface area contributed by atoms with E-state index in [1.54, 1.807) is 29.1 Å². The molecule has 1 aliphatic carbocycles. The summed E-state index contributed by atoms with van der Waals surface area (Å²) < 4.78 is 15.8. The van der Waals surface area contributed by atoms with Gasteiger partial charge in [-0.15, -0.1) is 0 Å². The van der Waals surface area contributed by atoms with Crippen LogP contribution in [0, 0.1) is 5.82 Å². The molecule has 0 fully saturated rings. The molecule has 7 heteroatoms. The molecule has 6 nitrogen and oxygen atoms in total. The van der Waals surface area contributed by atoms with Gasteiger partial charge in [0.15, 0.2) is 5.69 Å². The maximum atomic E-state index is 14.2. The fourth-order valence-corrected chi connectivity index (χ4v) is 3.66. The highest BCUT2D eigenvalue weighted by molar-refractivity contribution is 5.94. The molecule has 0 saturated carbocycles. The van der Waals surface area contributed by atoms with Gasteiger partial charge in [-0.3, -0.25) is 4.79 Å². The van der Waals surface area contributed by atoms with Gasteiger partial charge < -0.3 is 10.6 Å². The Hall–Kier alpha value is -3.22. The van der Waals surface area contributed by atoms with Crippen LogP contribution in [0.5, 0.6) is 0 Å². The van der Waals surface area contributed by atoms with Gasteiger partial charge in [-0.1, -0.05) is 18.2 Å². The molecular weight excluding hydrogens is 369 g/mol. The number of para-hydroxylation sites is 1. The first-order valence-electron chi connectivity index (χ1n) is 10.0. The molecule has 1 amide bonds. The number of carbonyl (C=O) groups is 1.